The first-order valence-corrected chi connectivity index (χ1v) is 6.92. The Balaban J connectivity index is 2.36. The molecule has 0 spiro atoms. The highest BCUT2D eigenvalue weighted by atomic mass is 35.5. The van der Waals surface area contributed by atoms with Gasteiger partial charge < -0.3 is 0 Å². The van der Waals surface area contributed by atoms with Crippen molar-refractivity contribution >= 4 is 22.6 Å². The highest BCUT2D eigenvalue weighted by Gasteiger charge is 2.14. The summed E-state index contributed by atoms with van der Waals surface area (Å²) < 4.78 is 15.4. The second-order valence-corrected chi connectivity index (χ2v) is 4.98. The maximum atomic E-state index is 13.5. The third-order valence-corrected chi connectivity index (χ3v) is 3.63. The largest absolute Gasteiger partial charge is 0.295 e. The van der Waals surface area contributed by atoms with Gasteiger partial charge in [0.15, 0.2) is 0 Å². The Labute approximate surface area is 126 Å². The van der Waals surface area contributed by atoms with Gasteiger partial charge in [-0.25, -0.2) is 9.37 Å². The quantitative estimate of drug-likeness (QED) is 0.669. The SMILES string of the molecule is Cc1cccc2nc(CCl)n(-c3ccc(F)c(C#N)c3)c12. The molecule has 104 valence electrons. The van der Waals surface area contributed by atoms with Crippen molar-refractivity contribution in [2.75, 3.05) is 0 Å². The molecule has 0 saturated heterocycles. The van der Waals surface area contributed by atoms with E-state index in [1.807, 2.05) is 35.8 Å². The average Bonchev–Trinajstić information content (AvgIpc) is 2.88. The molecule has 0 atom stereocenters. The predicted octanol–water partition coefficient (Wildman–Crippen LogP) is 4.08. The summed E-state index contributed by atoms with van der Waals surface area (Å²) in [7, 11) is 0. The van der Waals surface area contributed by atoms with E-state index in [0.717, 1.165) is 16.6 Å². The number of para-hydroxylation sites is 1. The van der Waals surface area contributed by atoms with E-state index in [1.54, 1.807) is 6.07 Å². The predicted molar refractivity (Wildman–Crippen MR) is 80.0 cm³/mol. The van der Waals surface area contributed by atoms with E-state index < -0.39 is 5.82 Å². The van der Waals surface area contributed by atoms with Gasteiger partial charge >= 0.3 is 0 Å². The summed E-state index contributed by atoms with van der Waals surface area (Å²) in [5.74, 6) is 0.360. The molecule has 0 radical (unpaired) electrons. The Morgan fingerprint density at radius 2 is 2.14 bits per heavy atom. The topological polar surface area (TPSA) is 41.6 Å². The van der Waals surface area contributed by atoms with Crippen LogP contribution in [0.3, 0.4) is 0 Å². The number of hydrogen-bond donors (Lipinski definition) is 0. The van der Waals surface area contributed by atoms with Crippen molar-refractivity contribution in [3.63, 3.8) is 0 Å². The van der Waals surface area contributed by atoms with Gasteiger partial charge in [0.25, 0.3) is 0 Å². The zero-order valence-electron chi connectivity index (χ0n) is 11.3. The van der Waals surface area contributed by atoms with Crippen molar-refractivity contribution in [1.82, 2.24) is 9.55 Å². The van der Waals surface area contributed by atoms with Gasteiger partial charge in [0.1, 0.15) is 17.7 Å². The van der Waals surface area contributed by atoms with Gasteiger partial charge in [-0.1, -0.05) is 12.1 Å². The number of fused-ring (bicyclic) bond motifs is 1. The van der Waals surface area contributed by atoms with E-state index in [4.69, 9.17) is 16.9 Å². The number of hydrogen-bond acceptors (Lipinski definition) is 2. The fraction of sp³-hybridized carbons (Fsp3) is 0.125. The number of halogens is 2. The molecule has 3 aromatic rings. The lowest BCUT2D eigenvalue weighted by Crippen LogP contribution is -2.01. The molecular weight excluding hydrogens is 289 g/mol. The van der Waals surface area contributed by atoms with E-state index in [2.05, 4.69) is 4.98 Å². The van der Waals surface area contributed by atoms with Crippen LogP contribution in [0.2, 0.25) is 0 Å². The fourth-order valence-electron chi connectivity index (χ4n) is 2.45. The minimum absolute atomic E-state index is 0.00320. The molecule has 21 heavy (non-hydrogen) atoms. The Morgan fingerprint density at radius 1 is 1.33 bits per heavy atom. The molecule has 5 heteroatoms. The van der Waals surface area contributed by atoms with Gasteiger partial charge in [-0.05, 0) is 36.8 Å². The summed E-state index contributed by atoms with van der Waals surface area (Å²) >= 11 is 5.99. The first kappa shape index (κ1) is 13.6. The monoisotopic (exact) mass is 299 g/mol. The number of aryl methyl sites for hydroxylation is 1. The minimum Gasteiger partial charge on any atom is -0.295 e. The average molecular weight is 300 g/mol. The molecule has 0 aliphatic carbocycles. The van der Waals surface area contributed by atoms with Gasteiger partial charge in [-0.3, -0.25) is 4.57 Å². The highest BCUT2D eigenvalue weighted by molar-refractivity contribution is 6.17. The maximum absolute atomic E-state index is 13.5. The van der Waals surface area contributed by atoms with Gasteiger partial charge in [0.05, 0.1) is 22.5 Å². The third-order valence-electron chi connectivity index (χ3n) is 3.40. The smallest absolute Gasteiger partial charge is 0.141 e. The molecule has 2 aromatic carbocycles. The van der Waals surface area contributed by atoms with E-state index in [1.165, 1.54) is 12.1 Å². The Bertz CT molecular complexity index is 877. The Hall–Kier alpha value is -2.38. The second kappa shape index (κ2) is 5.19. The van der Waals surface area contributed by atoms with Crippen LogP contribution in [0.15, 0.2) is 36.4 Å². The van der Waals surface area contributed by atoms with E-state index in [-0.39, 0.29) is 11.4 Å². The maximum Gasteiger partial charge on any atom is 0.141 e. The van der Waals surface area contributed by atoms with Crippen molar-refractivity contribution in [2.24, 2.45) is 0 Å². The van der Waals surface area contributed by atoms with Crippen LogP contribution >= 0.6 is 11.6 Å². The number of alkyl halides is 1. The molecule has 0 aliphatic rings. The molecule has 1 heterocycles. The number of rotatable bonds is 2. The molecule has 0 unspecified atom stereocenters. The van der Waals surface area contributed by atoms with Crippen LogP contribution in [0.5, 0.6) is 0 Å². The molecule has 0 fully saturated rings. The Morgan fingerprint density at radius 3 is 2.86 bits per heavy atom. The molecule has 1 aromatic heterocycles. The van der Waals surface area contributed by atoms with Crippen LogP contribution in [0.1, 0.15) is 17.0 Å². The van der Waals surface area contributed by atoms with E-state index in [0.29, 0.717) is 11.5 Å². The third kappa shape index (κ3) is 2.16. The lowest BCUT2D eigenvalue weighted by atomic mass is 10.1. The summed E-state index contributed by atoms with van der Waals surface area (Å²) in [4.78, 5) is 4.50. The zero-order valence-corrected chi connectivity index (χ0v) is 12.0. The van der Waals surface area contributed by atoms with Crippen molar-refractivity contribution in [2.45, 2.75) is 12.8 Å². The first-order chi connectivity index (χ1) is 10.2. The number of benzene rings is 2. The van der Waals surface area contributed by atoms with Crippen LogP contribution in [0.4, 0.5) is 4.39 Å². The Kier molecular flexibility index (Phi) is 3.36. The van der Waals surface area contributed by atoms with Crippen molar-refractivity contribution < 1.29 is 4.39 Å². The van der Waals surface area contributed by atoms with Crippen molar-refractivity contribution in [1.29, 1.82) is 5.26 Å². The van der Waals surface area contributed by atoms with Crippen molar-refractivity contribution in [3.05, 3.63) is 59.2 Å². The van der Waals surface area contributed by atoms with E-state index in [9.17, 15) is 4.39 Å². The number of nitriles is 1. The highest BCUT2D eigenvalue weighted by Crippen LogP contribution is 2.26. The van der Waals surface area contributed by atoms with Crippen LogP contribution < -0.4 is 0 Å². The van der Waals surface area contributed by atoms with Crippen LogP contribution in [0, 0.1) is 24.1 Å². The van der Waals surface area contributed by atoms with E-state index >= 15 is 0 Å². The molecule has 0 bridgehead atoms. The summed E-state index contributed by atoms with van der Waals surface area (Å²) in [6, 6.07) is 12.1. The molecule has 0 aliphatic heterocycles. The van der Waals surface area contributed by atoms with Gasteiger partial charge in [0, 0.05) is 5.69 Å². The van der Waals surface area contributed by atoms with Crippen LogP contribution in [0.25, 0.3) is 16.7 Å². The lowest BCUT2D eigenvalue weighted by molar-refractivity contribution is 0.623. The molecular formula is C16H11ClFN3. The standard InChI is InChI=1S/C16H11ClFN3/c1-10-3-2-4-14-16(10)21(15(8-17)20-14)12-5-6-13(18)11(7-12)9-19/h2-7H,8H2,1H3. The minimum atomic E-state index is -0.533. The van der Waals surface area contributed by atoms with Gasteiger partial charge in [-0.15, -0.1) is 11.6 Å². The fourth-order valence-corrected chi connectivity index (χ4v) is 2.63. The lowest BCUT2D eigenvalue weighted by Gasteiger charge is -2.10. The summed E-state index contributed by atoms with van der Waals surface area (Å²) in [6.07, 6.45) is 0. The second-order valence-electron chi connectivity index (χ2n) is 4.72. The van der Waals surface area contributed by atoms with Gasteiger partial charge in [0.2, 0.25) is 0 Å². The summed E-state index contributed by atoms with van der Waals surface area (Å²) in [5, 5.41) is 8.99. The number of aromatic nitrogens is 2. The number of imidazole rings is 1. The summed E-state index contributed by atoms with van der Waals surface area (Å²) in [6.45, 7) is 1.98. The molecule has 0 saturated carbocycles. The van der Waals surface area contributed by atoms with Crippen LogP contribution in [-0.4, -0.2) is 9.55 Å². The number of nitrogens with zero attached hydrogens (tertiary/aromatic N) is 3. The first-order valence-electron chi connectivity index (χ1n) is 6.38. The molecule has 3 rings (SSSR count). The molecule has 0 amide bonds. The van der Waals surface area contributed by atoms with Crippen LogP contribution in [-0.2, 0) is 5.88 Å². The normalized spacial score (nSPS) is 10.8. The van der Waals surface area contributed by atoms with Crippen molar-refractivity contribution in [3.8, 4) is 11.8 Å². The molecule has 0 N–H and O–H groups in total. The molecule has 3 nitrogen and oxygen atoms in total. The summed E-state index contributed by atoms with van der Waals surface area (Å²) in [5.41, 5.74) is 3.47. The van der Waals surface area contributed by atoms with Gasteiger partial charge in [-0.2, -0.15) is 5.26 Å². The zero-order chi connectivity index (χ0) is 15.0.